The van der Waals surface area contributed by atoms with Gasteiger partial charge in [0.25, 0.3) is 16.0 Å². The van der Waals surface area contributed by atoms with Crippen LogP contribution < -0.4 is 5.32 Å². The molecule has 0 aliphatic carbocycles. The number of nitrogens with one attached hydrogen (secondary N) is 1. The van der Waals surface area contributed by atoms with Crippen molar-refractivity contribution in [2.24, 2.45) is 0 Å². The lowest BCUT2D eigenvalue weighted by Crippen LogP contribution is -2.40. The normalized spacial score (nSPS) is 12.9. The minimum Gasteiger partial charge on any atom is -0.478 e. The molecule has 0 bridgehead atoms. The lowest BCUT2D eigenvalue weighted by Gasteiger charge is -2.14. The van der Waals surface area contributed by atoms with Crippen molar-refractivity contribution in [1.29, 1.82) is 0 Å². The van der Waals surface area contributed by atoms with E-state index >= 15 is 0 Å². The molecule has 0 radical (unpaired) electrons. The van der Waals surface area contributed by atoms with Gasteiger partial charge < -0.3 is 10.4 Å². The zero-order chi connectivity index (χ0) is 12.9. The third-order valence-electron chi connectivity index (χ3n) is 1.77. The molecule has 0 saturated heterocycles. The topological polar surface area (TPSA) is 121 Å². The molecule has 1 atom stereocenters. The lowest BCUT2D eigenvalue weighted by molar-refractivity contribution is -0.135. The minimum absolute atomic E-state index is 0.235. The Morgan fingerprint density at radius 1 is 1.44 bits per heavy atom. The molecule has 92 valence electrons. The first-order chi connectivity index (χ1) is 7.17. The summed E-state index contributed by atoms with van der Waals surface area (Å²) >= 11 is 0. The Bertz CT molecular complexity index is 399. The summed E-state index contributed by atoms with van der Waals surface area (Å²) in [5, 5.41) is 10.6. The number of carbonyl (C=O) groups is 2. The van der Waals surface area contributed by atoms with Crippen LogP contribution in [0, 0.1) is 0 Å². The number of carboxylic acid groups (broad SMARTS) is 1. The Morgan fingerprint density at radius 3 is 2.25 bits per heavy atom. The van der Waals surface area contributed by atoms with Gasteiger partial charge in [0.2, 0.25) is 0 Å². The van der Waals surface area contributed by atoms with E-state index in [1.54, 1.807) is 6.92 Å². The zero-order valence-electron chi connectivity index (χ0n) is 8.63. The average Bonchev–Trinajstić information content (AvgIpc) is 2.13. The molecule has 0 aliphatic heterocycles. The summed E-state index contributed by atoms with van der Waals surface area (Å²) in [5.74, 6) is -3.12. The number of carboxylic acids is 1. The van der Waals surface area contributed by atoms with Gasteiger partial charge in [-0.3, -0.25) is 9.35 Å². The van der Waals surface area contributed by atoms with E-state index in [1.165, 1.54) is 0 Å². The predicted octanol–water partition coefficient (Wildman–Crippen LogP) is -0.590. The lowest BCUT2D eigenvalue weighted by atomic mass is 10.2. The van der Waals surface area contributed by atoms with E-state index < -0.39 is 39.4 Å². The molecule has 0 heterocycles. The van der Waals surface area contributed by atoms with Crippen molar-refractivity contribution in [2.45, 2.75) is 19.4 Å². The number of aliphatic carboxylic acids is 1. The summed E-state index contributed by atoms with van der Waals surface area (Å²) in [4.78, 5) is 21.5. The second-order valence-electron chi connectivity index (χ2n) is 3.11. The van der Waals surface area contributed by atoms with Crippen LogP contribution in [0.2, 0.25) is 0 Å². The maximum absolute atomic E-state index is 11.2. The van der Waals surface area contributed by atoms with Crippen LogP contribution in [-0.2, 0) is 19.7 Å². The molecule has 8 heteroatoms. The molecule has 0 saturated carbocycles. The van der Waals surface area contributed by atoms with Crippen LogP contribution in [0.3, 0.4) is 0 Å². The third kappa shape index (κ3) is 5.47. The Hall–Kier alpha value is -1.41. The van der Waals surface area contributed by atoms with E-state index in [-0.39, 0.29) is 6.42 Å². The molecule has 7 nitrogen and oxygen atoms in total. The van der Waals surface area contributed by atoms with Gasteiger partial charge in [-0.1, -0.05) is 13.5 Å². The minimum atomic E-state index is -4.22. The van der Waals surface area contributed by atoms with E-state index in [9.17, 15) is 18.0 Å². The van der Waals surface area contributed by atoms with Gasteiger partial charge in [0.1, 0.15) is 5.57 Å². The Morgan fingerprint density at radius 2 is 1.94 bits per heavy atom. The highest BCUT2D eigenvalue weighted by atomic mass is 32.2. The Kier molecular flexibility index (Phi) is 5.12. The van der Waals surface area contributed by atoms with Crippen LogP contribution in [0.25, 0.3) is 0 Å². The molecular weight excluding hydrogens is 238 g/mol. The van der Waals surface area contributed by atoms with Crippen molar-refractivity contribution < 1.29 is 27.7 Å². The monoisotopic (exact) mass is 251 g/mol. The first kappa shape index (κ1) is 14.6. The van der Waals surface area contributed by atoms with Gasteiger partial charge in [-0.15, -0.1) is 0 Å². The second-order valence-corrected chi connectivity index (χ2v) is 4.61. The summed E-state index contributed by atoms with van der Waals surface area (Å²) in [7, 11) is -4.22. The summed E-state index contributed by atoms with van der Waals surface area (Å²) in [5.41, 5.74) is -0.686. The van der Waals surface area contributed by atoms with E-state index in [0.717, 1.165) is 0 Å². The van der Waals surface area contributed by atoms with Crippen LogP contribution in [-0.4, -0.2) is 41.7 Å². The molecule has 0 fully saturated rings. The van der Waals surface area contributed by atoms with Crippen LogP contribution in [0.15, 0.2) is 12.2 Å². The predicted molar refractivity (Wildman–Crippen MR) is 55.4 cm³/mol. The molecule has 0 aromatic carbocycles. The molecule has 0 aromatic heterocycles. The van der Waals surface area contributed by atoms with Gasteiger partial charge in [0.15, 0.2) is 0 Å². The van der Waals surface area contributed by atoms with E-state index in [0.29, 0.717) is 0 Å². The van der Waals surface area contributed by atoms with Gasteiger partial charge >= 0.3 is 5.97 Å². The summed E-state index contributed by atoms with van der Waals surface area (Å²) in [6.07, 6.45) is 0.235. The molecule has 0 aliphatic rings. The Labute approximate surface area is 92.9 Å². The van der Waals surface area contributed by atoms with Gasteiger partial charge in [0.05, 0.1) is 5.75 Å². The maximum Gasteiger partial charge on any atom is 0.340 e. The van der Waals surface area contributed by atoms with Crippen LogP contribution in [0.5, 0.6) is 0 Å². The van der Waals surface area contributed by atoms with Gasteiger partial charge in [0, 0.05) is 6.04 Å². The van der Waals surface area contributed by atoms with Gasteiger partial charge in [-0.25, -0.2) is 4.79 Å². The zero-order valence-corrected chi connectivity index (χ0v) is 9.45. The van der Waals surface area contributed by atoms with Crippen molar-refractivity contribution in [3.05, 3.63) is 12.2 Å². The number of rotatable bonds is 6. The van der Waals surface area contributed by atoms with Crippen LogP contribution in [0.4, 0.5) is 0 Å². The van der Waals surface area contributed by atoms with Crippen molar-refractivity contribution in [3.8, 4) is 0 Å². The largest absolute Gasteiger partial charge is 0.478 e. The first-order valence-corrected chi connectivity index (χ1v) is 5.96. The molecular formula is C8H13NO6S. The summed E-state index contributed by atoms with van der Waals surface area (Å²) in [6, 6.07) is -0.849. The van der Waals surface area contributed by atoms with Crippen molar-refractivity contribution in [2.75, 3.05) is 5.75 Å². The van der Waals surface area contributed by atoms with E-state index in [4.69, 9.17) is 9.66 Å². The van der Waals surface area contributed by atoms with Crippen molar-refractivity contribution in [3.63, 3.8) is 0 Å². The molecule has 0 spiro atoms. The van der Waals surface area contributed by atoms with Gasteiger partial charge in [-0.2, -0.15) is 8.42 Å². The summed E-state index contributed by atoms with van der Waals surface area (Å²) < 4.78 is 29.7. The fraction of sp³-hybridized carbons (Fsp3) is 0.500. The fourth-order valence-electron chi connectivity index (χ4n) is 0.885. The molecule has 1 unspecified atom stereocenters. The smallest absolute Gasteiger partial charge is 0.340 e. The van der Waals surface area contributed by atoms with Crippen molar-refractivity contribution in [1.82, 2.24) is 5.32 Å². The number of hydrogen-bond acceptors (Lipinski definition) is 4. The molecule has 3 N–H and O–H groups in total. The second kappa shape index (κ2) is 5.61. The van der Waals surface area contributed by atoms with Gasteiger partial charge in [-0.05, 0) is 6.42 Å². The third-order valence-corrected chi connectivity index (χ3v) is 2.60. The molecule has 16 heavy (non-hydrogen) atoms. The number of carbonyl (C=O) groups excluding carboxylic acids is 1. The highest BCUT2D eigenvalue weighted by Crippen LogP contribution is 1.99. The standard InChI is InChI=1S/C8H13NO6S/c1-3-6(4-16(13,14)15)9-7(10)5(2)8(11)12/h6H,2-4H2,1H3,(H,9,10)(H,11,12)(H,13,14,15). The van der Waals surface area contributed by atoms with Crippen LogP contribution >= 0.6 is 0 Å². The highest BCUT2D eigenvalue weighted by molar-refractivity contribution is 7.85. The van der Waals surface area contributed by atoms with Crippen molar-refractivity contribution >= 4 is 22.0 Å². The Balaban J connectivity index is 4.51. The van der Waals surface area contributed by atoms with E-state index in [2.05, 4.69) is 11.9 Å². The fourth-order valence-corrected chi connectivity index (χ4v) is 1.71. The molecule has 0 aromatic rings. The number of hydrogen-bond donors (Lipinski definition) is 3. The summed E-state index contributed by atoms with van der Waals surface area (Å²) in [6.45, 7) is 4.60. The average molecular weight is 251 g/mol. The SMILES string of the molecule is C=C(C(=O)O)C(=O)NC(CC)CS(=O)(=O)O. The van der Waals surface area contributed by atoms with E-state index in [1.807, 2.05) is 0 Å². The number of amides is 1. The maximum atomic E-state index is 11.2. The highest BCUT2D eigenvalue weighted by Gasteiger charge is 2.21. The quantitative estimate of drug-likeness (QED) is 0.251. The first-order valence-electron chi connectivity index (χ1n) is 4.35. The molecule has 0 rings (SSSR count). The molecule has 1 amide bonds. The van der Waals surface area contributed by atoms with Crippen LogP contribution in [0.1, 0.15) is 13.3 Å².